The number of pyridine rings is 1. The van der Waals surface area contributed by atoms with E-state index in [2.05, 4.69) is 9.97 Å². The van der Waals surface area contributed by atoms with Crippen LogP contribution in [0.2, 0.25) is 5.02 Å². The number of halogens is 1. The van der Waals surface area contributed by atoms with Crippen molar-refractivity contribution < 1.29 is 9.21 Å². The largest absolute Gasteiger partial charge is 0.445 e. The van der Waals surface area contributed by atoms with Crippen LogP contribution in [0.1, 0.15) is 52.2 Å². The molecule has 0 spiro atoms. The number of hydrogen-bond acceptors (Lipinski definition) is 4. The fourth-order valence-electron chi connectivity index (χ4n) is 3.63. The molecule has 1 saturated heterocycles. The van der Waals surface area contributed by atoms with Crippen LogP contribution in [0.3, 0.4) is 0 Å². The van der Waals surface area contributed by atoms with Crippen molar-refractivity contribution in [1.82, 2.24) is 14.9 Å². The number of rotatable bonds is 4. The molecule has 28 heavy (non-hydrogen) atoms. The molecule has 6 heteroatoms. The van der Waals surface area contributed by atoms with Gasteiger partial charge in [-0.3, -0.25) is 4.79 Å². The molecule has 0 bridgehead atoms. The lowest BCUT2D eigenvalue weighted by atomic mass is 9.97. The normalized spacial score (nSPS) is 16.9. The summed E-state index contributed by atoms with van der Waals surface area (Å²) in [5, 5.41) is 0.712. The molecule has 1 amide bonds. The van der Waals surface area contributed by atoms with Crippen molar-refractivity contribution in [2.45, 2.75) is 32.1 Å². The van der Waals surface area contributed by atoms with Crippen molar-refractivity contribution >= 4 is 17.5 Å². The third-order valence-corrected chi connectivity index (χ3v) is 5.24. The van der Waals surface area contributed by atoms with E-state index in [9.17, 15) is 4.79 Å². The van der Waals surface area contributed by atoms with Gasteiger partial charge in [-0.2, -0.15) is 0 Å². The van der Waals surface area contributed by atoms with E-state index in [4.69, 9.17) is 16.0 Å². The highest BCUT2D eigenvalue weighted by molar-refractivity contribution is 6.30. The maximum Gasteiger partial charge on any atom is 0.272 e. The van der Waals surface area contributed by atoms with Crippen molar-refractivity contribution in [1.29, 1.82) is 0 Å². The number of nitrogens with zero attached hydrogens (tertiary/aromatic N) is 3. The standard InChI is InChI=1S/C22H22ClN3O2/c1-15-5-2-9-20(25-15)22(27)26-10-4-7-17(14-26)21-24-13-19(28-21)12-16-6-3-8-18(23)11-16/h2-3,5-6,8-9,11,13,17H,4,7,10,12,14H2,1H3/t17-/m0/s1. The quantitative estimate of drug-likeness (QED) is 0.645. The van der Waals surface area contributed by atoms with Crippen molar-refractivity contribution in [2.75, 3.05) is 13.1 Å². The number of hydrogen-bond donors (Lipinski definition) is 0. The summed E-state index contributed by atoms with van der Waals surface area (Å²) >= 11 is 6.06. The van der Waals surface area contributed by atoms with Gasteiger partial charge in [-0.05, 0) is 49.6 Å². The number of benzene rings is 1. The minimum absolute atomic E-state index is 0.0286. The maximum absolute atomic E-state index is 12.8. The van der Waals surface area contributed by atoms with E-state index in [0.717, 1.165) is 36.4 Å². The van der Waals surface area contributed by atoms with E-state index in [1.807, 2.05) is 48.2 Å². The Morgan fingerprint density at radius 1 is 1.29 bits per heavy atom. The predicted octanol–water partition coefficient (Wildman–Crippen LogP) is 4.64. The van der Waals surface area contributed by atoms with E-state index in [1.54, 1.807) is 12.3 Å². The van der Waals surface area contributed by atoms with E-state index < -0.39 is 0 Å². The minimum atomic E-state index is -0.0286. The summed E-state index contributed by atoms with van der Waals surface area (Å²) in [6.07, 6.45) is 4.31. The number of piperidine rings is 1. The lowest BCUT2D eigenvalue weighted by Gasteiger charge is -2.31. The first-order valence-corrected chi connectivity index (χ1v) is 9.88. The van der Waals surface area contributed by atoms with Crippen LogP contribution < -0.4 is 0 Å². The van der Waals surface area contributed by atoms with E-state index in [0.29, 0.717) is 29.6 Å². The first-order chi connectivity index (χ1) is 13.6. The molecule has 144 valence electrons. The molecule has 3 aromatic rings. The average Bonchev–Trinajstić information content (AvgIpc) is 3.16. The lowest BCUT2D eigenvalue weighted by molar-refractivity contribution is 0.0691. The molecule has 4 rings (SSSR count). The second-order valence-electron chi connectivity index (χ2n) is 7.23. The third kappa shape index (κ3) is 4.25. The highest BCUT2D eigenvalue weighted by atomic mass is 35.5. The summed E-state index contributed by atoms with van der Waals surface area (Å²) < 4.78 is 6.01. The number of carbonyl (C=O) groups excluding carboxylic acids is 1. The second kappa shape index (κ2) is 8.15. The van der Waals surface area contributed by atoms with Crippen LogP contribution in [-0.4, -0.2) is 33.9 Å². The molecule has 0 unspecified atom stereocenters. The van der Waals surface area contributed by atoms with Crippen molar-refractivity contribution in [3.05, 3.63) is 82.3 Å². The zero-order chi connectivity index (χ0) is 19.5. The van der Waals surface area contributed by atoms with Gasteiger partial charge >= 0.3 is 0 Å². The summed E-state index contributed by atoms with van der Waals surface area (Å²) in [7, 11) is 0. The van der Waals surface area contributed by atoms with E-state index >= 15 is 0 Å². The van der Waals surface area contributed by atoms with Crippen molar-refractivity contribution in [3.63, 3.8) is 0 Å². The number of amides is 1. The summed E-state index contributed by atoms with van der Waals surface area (Å²) in [5.74, 6) is 1.59. The van der Waals surface area contributed by atoms with Gasteiger partial charge in [0.1, 0.15) is 11.5 Å². The van der Waals surface area contributed by atoms with Gasteiger partial charge < -0.3 is 9.32 Å². The lowest BCUT2D eigenvalue weighted by Crippen LogP contribution is -2.39. The topological polar surface area (TPSA) is 59.2 Å². The van der Waals surface area contributed by atoms with Gasteiger partial charge in [0.15, 0.2) is 5.89 Å². The van der Waals surface area contributed by atoms with Crippen LogP contribution in [0.5, 0.6) is 0 Å². The molecule has 1 aromatic carbocycles. The number of likely N-dealkylation sites (tertiary alicyclic amines) is 1. The monoisotopic (exact) mass is 395 g/mol. The maximum atomic E-state index is 12.8. The zero-order valence-corrected chi connectivity index (χ0v) is 16.5. The van der Waals surface area contributed by atoms with Gasteiger partial charge in [-0.25, -0.2) is 9.97 Å². The predicted molar refractivity (Wildman–Crippen MR) is 108 cm³/mol. The van der Waals surface area contributed by atoms with Gasteiger partial charge in [-0.15, -0.1) is 0 Å². The van der Waals surface area contributed by atoms with Crippen LogP contribution in [0, 0.1) is 6.92 Å². The van der Waals surface area contributed by atoms with Crippen LogP contribution in [0.15, 0.2) is 53.1 Å². The molecular formula is C22H22ClN3O2. The summed E-state index contributed by atoms with van der Waals surface area (Å²) in [6, 6.07) is 13.3. The minimum Gasteiger partial charge on any atom is -0.445 e. The fraction of sp³-hybridized carbons (Fsp3) is 0.318. The average molecular weight is 396 g/mol. The van der Waals surface area contributed by atoms with Crippen LogP contribution in [0.4, 0.5) is 0 Å². The Bertz CT molecular complexity index is 985. The van der Waals surface area contributed by atoms with Gasteiger partial charge in [0.05, 0.1) is 12.1 Å². The number of aromatic nitrogens is 2. The van der Waals surface area contributed by atoms with Crippen molar-refractivity contribution in [2.24, 2.45) is 0 Å². The summed E-state index contributed by atoms with van der Waals surface area (Å²) in [5.41, 5.74) is 2.42. The molecule has 5 nitrogen and oxygen atoms in total. The summed E-state index contributed by atoms with van der Waals surface area (Å²) in [6.45, 7) is 3.23. The first kappa shape index (κ1) is 18.7. The van der Waals surface area contributed by atoms with E-state index in [1.165, 1.54) is 0 Å². The Balaban J connectivity index is 1.45. The zero-order valence-electron chi connectivity index (χ0n) is 15.8. The Hall–Kier alpha value is -2.66. The Morgan fingerprint density at radius 3 is 2.96 bits per heavy atom. The number of carbonyl (C=O) groups is 1. The second-order valence-corrected chi connectivity index (χ2v) is 7.66. The summed E-state index contributed by atoms with van der Waals surface area (Å²) in [4.78, 5) is 23.5. The molecule has 0 radical (unpaired) electrons. The van der Waals surface area contributed by atoms with Crippen LogP contribution in [-0.2, 0) is 6.42 Å². The van der Waals surface area contributed by atoms with E-state index in [-0.39, 0.29) is 11.8 Å². The van der Waals surface area contributed by atoms with Gasteiger partial charge in [-0.1, -0.05) is 29.8 Å². The molecule has 1 fully saturated rings. The molecule has 3 heterocycles. The highest BCUT2D eigenvalue weighted by Crippen LogP contribution is 2.28. The smallest absolute Gasteiger partial charge is 0.272 e. The molecule has 0 saturated carbocycles. The third-order valence-electron chi connectivity index (χ3n) is 5.00. The molecule has 0 N–H and O–H groups in total. The first-order valence-electron chi connectivity index (χ1n) is 9.50. The Kier molecular flexibility index (Phi) is 5.44. The van der Waals surface area contributed by atoms with Crippen molar-refractivity contribution in [3.8, 4) is 0 Å². The molecule has 1 aliphatic rings. The Labute approximate surface area is 169 Å². The number of aryl methyl sites for hydroxylation is 1. The van der Waals surface area contributed by atoms with Gasteiger partial charge in [0, 0.05) is 30.2 Å². The molecule has 1 atom stereocenters. The van der Waals surface area contributed by atoms with Crippen LogP contribution in [0.25, 0.3) is 0 Å². The fourth-order valence-corrected chi connectivity index (χ4v) is 3.84. The molecule has 2 aromatic heterocycles. The highest BCUT2D eigenvalue weighted by Gasteiger charge is 2.29. The number of oxazole rings is 1. The molecular weight excluding hydrogens is 374 g/mol. The van der Waals surface area contributed by atoms with Gasteiger partial charge in [0.2, 0.25) is 0 Å². The SMILES string of the molecule is Cc1cccc(C(=O)N2CCC[C@H](c3ncc(Cc4cccc(Cl)c4)o3)C2)n1. The van der Waals surface area contributed by atoms with Gasteiger partial charge in [0.25, 0.3) is 5.91 Å². The Morgan fingerprint density at radius 2 is 2.14 bits per heavy atom. The molecule has 1 aliphatic heterocycles. The molecule has 0 aliphatic carbocycles. The van der Waals surface area contributed by atoms with Crippen LogP contribution >= 0.6 is 11.6 Å².